The Labute approximate surface area is 232 Å². The molecular formula is C27H37Cl3SiTi. The maximum atomic E-state index is 4.05. The molecule has 0 bridgehead atoms. The molecule has 2 aliphatic rings. The second kappa shape index (κ2) is 13.8. The largest absolute Gasteiger partial charge is 4.00 e. The van der Waals surface area contributed by atoms with Gasteiger partial charge in [0.2, 0.25) is 0 Å². The van der Waals surface area contributed by atoms with Crippen LogP contribution in [0.5, 0.6) is 0 Å². The molecule has 0 nitrogen and oxygen atoms in total. The van der Waals surface area contributed by atoms with Crippen LogP contribution < -0.4 is 42.4 Å². The van der Waals surface area contributed by atoms with Gasteiger partial charge in [-0.3, -0.25) is 6.08 Å². The molecule has 0 aliphatic heterocycles. The maximum absolute atomic E-state index is 4.05. The van der Waals surface area contributed by atoms with Crippen LogP contribution in [0.25, 0.3) is 0 Å². The molecule has 0 N–H and O–H groups in total. The van der Waals surface area contributed by atoms with E-state index in [0.717, 1.165) is 6.42 Å². The third kappa shape index (κ3) is 7.00. The van der Waals surface area contributed by atoms with Crippen LogP contribution in [0.2, 0.25) is 5.04 Å². The Morgan fingerprint density at radius 2 is 1.56 bits per heavy atom. The van der Waals surface area contributed by atoms with Crippen LogP contribution in [0.15, 0.2) is 59.2 Å². The SMILES string of the molecule is CCC(C)C1(CC2([SiH2]c3cc(C)cc(C)c3)[C-]=C(C)C(C)=C2C)C=CC=CC1.[Cl-].[Cl-].[Cl-].[Ti+4]. The van der Waals surface area contributed by atoms with Crippen molar-refractivity contribution in [3.8, 4) is 0 Å². The Balaban J connectivity index is 0. The van der Waals surface area contributed by atoms with Crippen LogP contribution in [-0.4, -0.2) is 9.52 Å². The summed E-state index contributed by atoms with van der Waals surface area (Å²) in [6, 6.07) is 7.17. The van der Waals surface area contributed by atoms with Gasteiger partial charge < -0.3 is 37.2 Å². The summed E-state index contributed by atoms with van der Waals surface area (Å²) in [5.41, 5.74) is 7.48. The van der Waals surface area contributed by atoms with Gasteiger partial charge in [-0.05, 0) is 31.6 Å². The quantitative estimate of drug-likeness (QED) is 0.271. The monoisotopic (exact) mass is 542 g/mol. The van der Waals surface area contributed by atoms with Crippen LogP contribution in [-0.2, 0) is 21.7 Å². The number of benzene rings is 1. The number of hydrogen-bond donors (Lipinski definition) is 0. The first-order valence-corrected chi connectivity index (χ1v) is 12.3. The van der Waals surface area contributed by atoms with Gasteiger partial charge in [-0.2, -0.15) is 11.1 Å². The van der Waals surface area contributed by atoms with E-state index in [1.807, 2.05) is 0 Å². The predicted octanol–water partition coefficient (Wildman–Crippen LogP) is -2.70. The minimum atomic E-state index is -0.565. The Hall–Kier alpha value is -0.0188. The molecule has 2 aliphatic carbocycles. The van der Waals surface area contributed by atoms with Crippen molar-refractivity contribution in [2.45, 2.75) is 72.8 Å². The summed E-state index contributed by atoms with van der Waals surface area (Å²) in [4.78, 5) is 0. The summed E-state index contributed by atoms with van der Waals surface area (Å²) in [6.07, 6.45) is 17.1. The molecule has 3 unspecified atom stereocenters. The Kier molecular flexibility index (Phi) is 14.7. The average molecular weight is 544 g/mol. The number of rotatable bonds is 6. The molecule has 0 spiro atoms. The van der Waals surface area contributed by atoms with Gasteiger partial charge in [-0.25, -0.2) is 5.57 Å². The minimum Gasteiger partial charge on any atom is -1.00 e. The van der Waals surface area contributed by atoms with Crippen molar-refractivity contribution >= 4 is 14.7 Å². The van der Waals surface area contributed by atoms with Gasteiger partial charge in [0.15, 0.2) is 0 Å². The number of hydrogen-bond acceptors (Lipinski definition) is 0. The molecule has 0 aromatic heterocycles. The van der Waals surface area contributed by atoms with Crippen molar-refractivity contribution < 1.29 is 58.9 Å². The Morgan fingerprint density at radius 3 is 2.00 bits per heavy atom. The molecular weight excluding hydrogens is 507 g/mol. The summed E-state index contributed by atoms with van der Waals surface area (Å²) in [5, 5.41) is 1.72. The Morgan fingerprint density at radius 1 is 0.969 bits per heavy atom. The van der Waals surface area contributed by atoms with Crippen molar-refractivity contribution in [1.82, 2.24) is 0 Å². The van der Waals surface area contributed by atoms with Crippen LogP contribution in [0.1, 0.15) is 65.0 Å². The molecule has 0 heterocycles. The number of halogens is 3. The van der Waals surface area contributed by atoms with Crippen LogP contribution in [0.3, 0.4) is 0 Å². The smallest absolute Gasteiger partial charge is 1.00 e. The molecule has 32 heavy (non-hydrogen) atoms. The zero-order chi connectivity index (χ0) is 20.5. The first kappa shape index (κ1) is 34.2. The fourth-order valence-electron chi connectivity index (χ4n) is 5.44. The summed E-state index contributed by atoms with van der Waals surface area (Å²) in [6.45, 7) is 16.2. The molecule has 1 aromatic rings. The van der Waals surface area contributed by atoms with Crippen molar-refractivity contribution in [1.29, 1.82) is 0 Å². The third-order valence-corrected chi connectivity index (χ3v) is 9.83. The molecule has 0 saturated heterocycles. The third-order valence-electron chi connectivity index (χ3n) is 7.45. The van der Waals surface area contributed by atoms with E-state index in [-0.39, 0.29) is 69.4 Å². The van der Waals surface area contributed by atoms with Gasteiger partial charge in [0.25, 0.3) is 0 Å². The molecule has 0 saturated carbocycles. The van der Waals surface area contributed by atoms with Crippen molar-refractivity contribution in [2.24, 2.45) is 11.3 Å². The second-order valence-electron chi connectivity index (χ2n) is 9.47. The average Bonchev–Trinajstić information content (AvgIpc) is 2.84. The predicted molar refractivity (Wildman–Crippen MR) is 127 cm³/mol. The number of allylic oxidation sites excluding steroid dienone is 8. The second-order valence-corrected chi connectivity index (χ2v) is 11.8. The van der Waals surface area contributed by atoms with E-state index in [9.17, 15) is 0 Å². The summed E-state index contributed by atoms with van der Waals surface area (Å²) in [5.74, 6) is 0.676. The van der Waals surface area contributed by atoms with Gasteiger partial charge in [0.05, 0.1) is 0 Å². The first-order chi connectivity index (χ1) is 13.2. The van der Waals surface area contributed by atoms with Gasteiger partial charge in [-0.15, -0.1) is 6.92 Å². The molecule has 3 rings (SSSR count). The van der Waals surface area contributed by atoms with E-state index in [0.29, 0.717) is 5.92 Å². The molecule has 1 aromatic carbocycles. The van der Waals surface area contributed by atoms with E-state index in [4.69, 9.17) is 0 Å². The molecule has 0 fully saturated rings. The first-order valence-electron chi connectivity index (χ1n) is 10.9. The minimum absolute atomic E-state index is 0. The molecule has 0 amide bonds. The molecule has 0 radical (unpaired) electrons. The Bertz CT molecular complexity index is 867. The van der Waals surface area contributed by atoms with Gasteiger partial charge >= 0.3 is 21.7 Å². The summed E-state index contributed by atoms with van der Waals surface area (Å²) >= 11 is 0. The zero-order valence-electron chi connectivity index (χ0n) is 20.6. The van der Waals surface area contributed by atoms with Gasteiger partial charge in [0.1, 0.15) is 0 Å². The van der Waals surface area contributed by atoms with Crippen LogP contribution >= 0.6 is 0 Å². The van der Waals surface area contributed by atoms with Gasteiger partial charge in [-0.1, -0.05) is 104 Å². The maximum Gasteiger partial charge on any atom is 4.00 e. The van der Waals surface area contributed by atoms with E-state index in [1.165, 1.54) is 35.1 Å². The van der Waals surface area contributed by atoms with E-state index in [1.54, 1.807) is 10.8 Å². The van der Waals surface area contributed by atoms with E-state index >= 15 is 0 Å². The van der Waals surface area contributed by atoms with Crippen LogP contribution in [0.4, 0.5) is 0 Å². The molecule has 3 atom stereocenters. The summed E-state index contributed by atoms with van der Waals surface area (Å²) < 4.78 is 0. The fourth-order valence-corrected chi connectivity index (χ4v) is 8.46. The van der Waals surface area contributed by atoms with Gasteiger partial charge in [0, 0.05) is 9.52 Å². The molecule has 174 valence electrons. The van der Waals surface area contributed by atoms with E-state index in [2.05, 4.69) is 97.0 Å². The van der Waals surface area contributed by atoms with Crippen molar-refractivity contribution in [2.75, 3.05) is 0 Å². The van der Waals surface area contributed by atoms with Crippen LogP contribution in [0, 0.1) is 31.3 Å². The zero-order valence-corrected chi connectivity index (χ0v) is 25.8. The van der Waals surface area contributed by atoms with Crippen molar-refractivity contribution in [3.63, 3.8) is 0 Å². The standard InChI is InChI=1S/C27H37Si.3ClH.Ti/c1-8-22(5)26(12-10-9-11-13-26)18-27(17-21(4)23(6)24(27)7)28-25-15-19(2)14-20(3)16-25;;;;/h9-12,14-16,22H,8,13,18,28H2,1-7H3;3*1H;/q-1;;;;+4/p-3. The van der Waals surface area contributed by atoms with E-state index < -0.39 is 9.52 Å². The molecule has 5 heteroatoms. The fraction of sp³-hybridized carbons (Fsp3) is 0.481. The topological polar surface area (TPSA) is 0 Å². The van der Waals surface area contributed by atoms with Crippen molar-refractivity contribution in [3.05, 3.63) is 76.4 Å². The summed E-state index contributed by atoms with van der Waals surface area (Å²) in [7, 11) is -0.565. The number of aryl methyl sites for hydroxylation is 2. The normalized spacial score (nSPS) is 24.9.